The Morgan fingerprint density at radius 3 is 2.42 bits per heavy atom. The van der Waals surface area contributed by atoms with Crippen LogP contribution in [0.3, 0.4) is 0 Å². The highest BCUT2D eigenvalue weighted by atomic mass is 32.1. The van der Waals surface area contributed by atoms with Crippen molar-refractivity contribution in [3.63, 3.8) is 0 Å². The summed E-state index contributed by atoms with van der Waals surface area (Å²) in [6.07, 6.45) is 0. The first-order valence-corrected chi connectivity index (χ1v) is 8.40. The minimum atomic E-state index is -1.17. The van der Waals surface area contributed by atoms with E-state index in [9.17, 15) is 23.2 Å². The van der Waals surface area contributed by atoms with Crippen LogP contribution in [-0.2, 0) is 4.74 Å². The van der Waals surface area contributed by atoms with Crippen molar-refractivity contribution in [1.29, 1.82) is 0 Å². The zero-order valence-electron chi connectivity index (χ0n) is 14.2. The topological polar surface area (TPSA) is 84.5 Å². The number of hydrogen-bond donors (Lipinski definition) is 2. The van der Waals surface area contributed by atoms with Crippen molar-refractivity contribution in [3.05, 3.63) is 51.4 Å². The average molecular weight is 382 g/mol. The van der Waals surface area contributed by atoms with E-state index in [0.717, 1.165) is 29.5 Å². The summed E-state index contributed by atoms with van der Waals surface area (Å²) in [7, 11) is 1.44. The number of hydrogen-bond acceptors (Lipinski definition) is 5. The normalized spacial score (nSPS) is 10.3. The number of esters is 1. The van der Waals surface area contributed by atoms with Gasteiger partial charge in [0, 0.05) is 12.6 Å². The molecule has 1 aromatic heterocycles. The quantitative estimate of drug-likeness (QED) is 0.778. The monoisotopic (exact) mass is 382 g/mol. The Kier molecular flexibility index (Phi) is 6.04. The van der Waals surface area contributed by atoms with Gasteiger partial charge >= 0.3 is 5.97 Å². The van der Waals surface area contributed by atoms with Crippen molar-refractivity contribution >= 4 is 34.1 Å². The molecule has 0 unspecified atom stereocenters. The number of carbonyl (C=O) groups excluding carboxylic acids is 3. The van der Waals surface area contributed by atoms with Crippen LogP contribution in [0.4, 0.5) is 13.8 Å². The molecule has 0 saturated carbocycles. The van der Waals surface area contributed by atoms with E-state index < -0.39 is 29.4 Å². The SMILES string of the molecule is CCOC(=O)c1c(NC(=O)c2ccc(F)c(F)c2)sc(C(=O)NC)c1C. The summed E-state index contributed by atoms with van der Waals surface area (Å²) in [4.78, 5) is 36.7. The highest BCUT2D eigenvalue weighted by Crippen LogP contribution is 2.34. The summed E-state index contributed by atoms with van der Waals surface area (Å²) >= 11 is 0.891. The molecule has 0 spiro atoms. The van der Waals surface area contributed by atoms with Gasteiger partial charge in [-0.05, 0) is 37.6 Å². The van der Waals surface area contributed by atoms with Crippen LogP contribution in [0.15, 0.2) is 18.2 Å². The fourth-order valence-electron chi connectivity index (χ4n) is 2.19. The molecule has 1 aromatic carbocycles. The molecule has 0 radical (unpaired) electrons. The molecule has 6 nitrogen and oxygen atoms in total. The van der Waals surface area contributed by atoms with Crippen molar-refractivity contribution in [1.82, 2.24) is 5.32 Å². The predicted molar refractivity (Wildman–Crippen MR) is 92.7 cm³/mol. The fourth-order valence-corrected chi connectivity index (χ4v) is 3.33. The van der Waals surface area contributed by atoms with Gasteiger partial charge in [-0.2, -0.15) is 0 Å². The van der Waals surface area contributed by atoms with Gasteiger partial charge in [0.25, 0.3) is 11.8 Å². The number of amides is 2. The second kappa shape index (κ2) is 8.05. The largest absolute Gasteiger partial charge is 0.462 e. The van der Waals surface area contributed by atoms with Gasteiger partial charge < -0.3 is 15.4 Å². The van der Waals surface area contributed by atoms with E-state index in [0.29, 0.717) is 5.56 Å². The third-order valence-electron chi connectivity index (χ3n) is 3.47. The first-order chi connectivity index (χ1) is 12.3. The predicted octanol–water partition coefficient (Wildman–Crippen LogP) is 3.12. The highest BCUT2D eigenvalue weighted by Gasteiger charge is 2.26. The molecule has 0 aliphatic heterocycles. The van der Waals surface area contributed by atoms with Crippen molar-refractivity contribution in [2.24, 2.45) is 0 Å². The van der Waals surface area contributed by atoms with Gasteiger partial charge in [-0.3, -0.25) is 9.59 Å². The summed E-state index contributed by atoms with van der Waals surface area (Å²) < 4.78 is 31.3. The molecule has 0 bridgehead atoms. The van der Waals surface area contributed by atoms with Crippen LogP contribution in [0.1, 0.15) is 42.9 Å². The van der Waals surface area contributed by atoms with E-state index in [1.807, 2.05) is 0 Å². The summed E-state index contributed by atoms with van der Waals surface area (Å²) in [5, 5.41) is 5.00. The molecule has 26 heavy (non-hydrogen) atoms. The minimum Gasteiger partial charge on any atom is -0.462 e. The zero-order chi connectivity index (χ0) is 19.4. The molecule has 1 heterocycles. The van der Waals surface area contributed by atoms with E-state index in [2.05, 4.69) is 10.6 Å². The van der Waals surface area contributed by atoms with Gasteiger partial charge in [0.05, 0.1) is 17.0 Å². The molecule has 0 atom stereocenters. The van der Waals surface area contributed by atoms with Crippen molar-refractivity contribution in [2.45, 2.75) is 13.8 Å². The molecule has 0 aliphatic rings. The van der Waals surface area contributed by atoms with Crippen molar-refractivity contribution in [2.75, 3.05) is 19.0 Å². The third kappa shape index (κ3) is 3.88. The van der Waals surface area contributed by atoms with E-state index in [1.54, 1.807) is 13.8 Å². The summed E-state index contributed by atoms with van der Waals surface area (Å²) in [6.45, 7) is 3.29. The number of carbonyl (C=O) groups is 3. The summed E-state index contributed by atoms with van der Waals surface area (Å²) in [5.74, 6) is -4.12. The number of rotatable bonds is 5. The van der Waals surface area contributed by atoms with Crippen LogP contribution in [0.2, 0.25) is 0 Å². The van der Waals surface area contributed by atoms with Crippen LogP contribution in [-0.4, -0.2) is 31.4 Å². The van der Waals surface area contributed by atoms with Gasteiger partial charge in [0.15, 0.2) is 11.6 Å². The molecule has 0 saturated heterocycles. The number of thiophene rings is 1. The molecular weight excluding hydrogens is 366 g/mol. The Morgan fingerprint density at radius 2 is 1.85 bits per heavy atom. The lowest BCUT2D eigenvalue weighted by Gasteiger charge is -2.07. The maximum absolute atomic E-state index is 13.3. The smallest absolute Gasteiger partial charge is 0.341 e. The van der Waals surface area contributed by atoms with Crippen molar-refractivity contribution < 1.29 is 27.9 Å². The van der Waals surface area contributed by atoms with Gasteiger partial charge in [-0.1, -0.05) is 0 Å². The molecule has 2 aromatic rings. The van der Waals surface area contributed by atoms with Gasteiger partial charge in [0.2, 0.25) is 0 Å². The first-order valence-electron chi connectivity index (χ1n) is 7.59. The first kappa shape index (κ1) is 19.5. The van der Waals surface area contributed by atoms with Crippen LogP contribution in [0, 0.1) is 18.6 Å². The van der Waals surface area contributed by atoms with Gasteiger partial charge in [-0.25, -0.2) is 13.6 Å². The Labute approximate surface area is 152 Å². The zero-order valence-corrected chi connectivity index (χ0v) is 15.1. The third-order valence-corrected chi connectivity index (χ3v) is 4.67. The van der Waals surface area contributed by atoms with E-state index in [-0.39, 0.29) is 27.6 Å². The lowest BCUT2D eigenvalue weighted by atomic mass is 10.1. The lowest BCUT2D eigenvalue weighted by molar-refractivity contribution is 0.0527. The molecule has 0 aliphatic carbocycles. The van der Waals surface area contributed by atoms with E-state index in [1.165, 1.54) is 7.05 Å². The second-order valence-electron chi connectivity index (χ2n) is 5.14. The number of anilines is 1. The van der Waals surface area contributed by atoms with Gasteiger partial charge in [0.1, 0.15) is 5.00 Å². The molecule has 2 amide bonds. The van der Waals surface area contributed by atoms with Crippen LogP contribution >= 0.6 is 11.3 Å². The number of benzene rings is 1. The standard InChI is InChI=1S/C17H16F2N2O4S/c1-4-25-17(24)12-8(2)13(15(23)20-3)26-16(12)21-14(22)9-5-6-10(18)11(19)7-9/h5-7H,4H2,1-3H3,(H,20,23)(H,21,22). The fraction of sp³-hybridized carbons (Fsp3) is 0.235. The molecule has 2 rings (SSSR count). The second-order valence-corrected chi connectivity index (χ2v) is 6.16. The highest BCUT2D eigenvalue weighted by molar-refractivity contribution is 7.18. The van der Waals surface area contributed by atoms with E-state index >= 15 is 0 Å². The van der Waals surface area contributed by atoms with Crippen LogP contribution in [0.25, 0.3) is 0 Å². The molecule has 2 N–H and O–H groups in total. The molecular formula is C17H16F2N2O4S. The van der Waals surface area contributed by atoms with E-state index in [4.69, 9.17) is 4.74 Å². The number of ether oxygens (including phenoxy) is 1. The van der Waals surface area contributed by atoms with Crippen LogP contribution < -0.4 is 10.6 Å². The Hall–Kier alpha value is -2.81. The Bertz CT molecular complexity index is 880. The van der Waals surface area contributed by atoms with Gasteiger partial charge in [-0.15, -0.1) is 11.3 Å². The molecule has 9 heteroatoms. The molecule has 138 valence electrons. The lowest BCUT2D eigenvalue weighted by Crippen LogP contribution is -2.18. The number of halogens is 2. The van der Waals surface area contributed by atoms with Crippen molar-refractivity contribution in [3.8, 4) is 0 Å². The minimum absolute atomic E-state index is 0.0476. The Balaban J connectivity index is 2.43. The summed E-state index contributed by atoms with van der Waals surface area (Å²) in [5.41, 5.74) is 0.269. The average Bonchev–Trinajstić information content (AvgIpc) is 2.92. The molecule has 0 fully saturated rings. The Morgan fingerprint density at radius 1 is 1.15 bits per heavy atom. The number of nitrogens with one attached hydrogen (secondary N) is 2. The summed E-state index contributed by atoms with van der Waals surface area (Å²) in [6, 6.07) is 2.68. The maximum atomic E-state index is 13.3. The maximum Gasteiger partial charge on any atom is 0.341 e. The van der Waals surface area contributed by atoms with Crippen LogP contribution in [0.5, 0.6) is 0 Å².